The third kappa shape index (κ3) is 14.6. The van der Waals surface area contributed by atoms with Crippen LogP contribution in [0.1, 0.15) is 55.4 Å². The maximum Gasteiger partial charge on any atom is 0.289 e. The number of rotatable bonds is 21. The molecule has 0 aliphatic carbocycles. The van der Waals surface area contributed by atoms with Gasteiger partial charge in [-0.05, 0) is 99.6 Å². The molecule has 294 valence electrons. The second-order valence-electron chi connectivity index (χ2n) is 13.6. The molecule has 2 aliphatic rings. The van der Waals surface area contributed by atoms with Crippen molar-refractivity contribution in [3.63, 3.8) is 0 Å². The number of carbonyl (C=O) groups excluding carboxylic acids is 4. The van der Waals surface area contributed by atoms with E-state index in [0.29, 0.717) is 36.7 Å². The van der Waals surface area contributed by atoms with Gasteiger partial charge < -0.3 is 37.1 Å². The van der Waals surface area contributed by atoms with Gasteiger partial charge in [-0.3, -0.25) is 24.5 Å². The van der Waals surface area contributed by atoms with Gasteiger partial charge >= 0.3 is 0 Å². The monoisotopic (exact) mass is 796 g/mol. The van der Waals surface area contributed by atoms with Gasteiger partial charge in [-0.15, -0.1) is 11.3 Å². The van der Waals surface area contributed by atoms with Gasteiger partial charge in [0.15, 0.2) is 0 Å². The second kappa shape index (κ2) is 21.2. The van der Waals surface area contributed by atoms with E-state index < -0.39 is 64.0 Å². The van der Waals surface area contributed by atoms with Crippen LogP contribution in [0.3, 0.4) is 0 Å². The number of hydrogen-bond acceptors (Lipinski definition) is 12. The number of nitrogens with two attached hydrogens (primary N) is 2. The highest BCUT2D eigenvalue weighted by Crippen LogP contribution is 2.26. The molecule has 0 spiro atoms. The molecule has 3 heterocycles. The van der Waals surface area contributed by atoms with E-state index in [2.05, 4.69) is 26.0 Å². The minimum absolute atomic E-state index is 0.0138. The van der Waals surface area contributed by atoms with Crippen LogP contribution in [-0.4, -0.2) is 106 Å². The van der Waals surface area contributed by atoms with E-state index >= 15 is 0 Å². The predicted octanol–water partition coefficient (Wildman–Crippen LogP) is 0.569. The van der Waals surface area contributed by atoms with Crippen molar-refractivity contribution in [2.45, 2.75) is 88.5 Å². The molecule has 2 aromatic rings. The average molecular weight is 797 g/mol. The van der Waals surface area contributed by atoms with Crippen molar-refractivity contribution < 1.29 is 32.3 Å². The van der Waals surface area contributed by atoms with Gasteiger partial charge in [-0.1, -0.05) is 29.8 Å². The van der Waals surface area contributed by atoms with Crippen molar-refractivity contribution in [1.82, 2.24) is 30.9 Å². The van der Waals surface area contributed by atoms with Crippen LogP contribution in [0, 0.1) is 5.92 Å². The first-order valence-electron chi connectivity index (χ1n) is 18.0. The molecule has 53 heavy (non-hydrogen) atoms. The summed E-state index contributed by atoms with van der Waals surface area (Å²) in [7, 11) is -3.80. The summed E-state index contributed by atoms with van der Waals surface area (Å²) < 4.78 is 33.6. The lowest BCUT2D eigenvalue weighted by Crippen LogP contribution is -2.56. The number of hydrogen-bond donors (Lipinski definition) is 7. The number of ether oxygens (including phenoxy) is 1. The van der Waals surface area contributed by atoms with Crippen molar-refractivity contribution in [1.29, 1.82) is 0 Å². The fraction of sp³-hybridized carbons (Fsp3) is 0.600. The van der Waals surface area contributed by atoms with Crippen molar-refractivity contribution in [3.05, 3.63) is 57.2 Å². The third-order valence-corrected chi connectivity index (χ3v) is 11.3. The number of sulfonamides is 1. The zero-order valence-electron chi connectivity index (χ0n) is 30.1. The minimum atomic E-state index is -3.80. The topological polar surface area (TPSA) is 227 Å². The van der Waals surface area contributed by atoms with E-state index in [1.807, 2.05) is 29.6 Å². The summed E-state index contributed by atoms with van der Waals surface area (Å²) in [6, 6.07) is 7.50. The zero-order valence-corrected chi connectivity index (χ0v) is 32.4. The number of Topliss-reactive ketones (excluding diaryl/α,β-unsaturated/α-hetero) is 1. The number of benzene rings is 1. The lowest BCUT2D eigenvalue weighted by molar-refractivity contribution is -0.142. The highest BCUT2D eigenvalue weighted by molar-refractivity contribution is 7.88. The number of nitrogens with one attached hydrogen (secondary N) is 5. The molecule has 1 aromatic heterocycles. The Morgan fingerprint density at radius 3 is 2.45 bits per heavy atom. The average Bonchev–Trinajstić information content (AvgIpc) is 3.81. The highest BCUT2D eigenvalue weighted by Gasteiger charge is 2.44. The summed E-state index contributed by atoms with van der Waals surface area (Å²) in [4.78, 5) is 57.3. The Bertz CT molecular complexity index is 1590. The Balaban J connectivity index is 1.52. The standard InChI is InChI=1S/C35H53ClN8O7S2/c1-53(49,50)43-29(11-8-23-12-16-39-17-13-23)34(48)44-21-26(51-22-24-6-9-25(36)10-7-24)20-30(44)32(46)42-28(5-2-15-41-35(37)38)31(45)33(47)40-18-14-27-4-3-19-52-27/h3-4,6-7,9-10,19,23,26,28-30,35,39,41,43H,2,5,8,11-18,20-22,37-38H2,1H3,(H,40,47)(H,42,46)/t26-,28+,29-,30+/m1/s1. The molecule has 4 rings (SSSR count). The van der Waals surface area contributed by atoms with E-state index in [0.717, 1.165) is 42.6 Å². The first-order valence-corrected chi connectivity index (χ1v) is 21.2. The Morgan fingerprint density at radius 1 is 1.06 bits per heavy atom. The highest BCUT2D eigenvalue weighted by atomic mass is 35.5. The Hall–Kier alpha value is -3.00. The van der Waals surface area contributed by atoms with Crippen LogP contribution in [0.2, 0.25) is 5.02 Å². The van der Waals surface area contributed by atoms with E-state index in [1.165, 1.54) is 16.2 Å². The van der Waals surface area contributed by atoms with Gasteiger partial charge in [0.05, 0.1) is 25.0 Å². The van der Waals surface area contributed by atoms with Crippen LogP contribution < -0.4 is 37.5 Å². The van der Waals surface area contributed by atoms with Gasteiger partial charge in [0, 0.05) is 29.4 Å². The SMILES string of the molecule is CS(=O)(=O)N[C@H](CCC1CCNCC1)C(=O)N1C[C@H](OCc2ccc(Cl)cc2)C[C@H]1C(=O)N[C@@H](CCCNC(N)N)C(=O)C(=O)NCCc1cccs1. The number of nitrogens with zero attached hydrogens (tertiary/aromatic N) is 1. The molecule has 0 radical (unpaired) electrons. The summed E-state index contributed by atoms with van der Waals surface area (Å²) in [5.41, 5.74) is 12.0. The summed E-state index contributed by atoms with van der Waals surface area (Å²) in [5.74, 6) is -2.55. The Kier molecular flexibility index (Phi) is 17.1. The number of likely N-dealkylation sites (tertiary alicyclic amines) is 1. The maximum atomic E-state index is 14.3. The molecule has 2 fully saturated rings. The fourth-order valence-corrected chi connectivity index (χ4v) is 8.15. The largest absolute Gasteiger partial charge is 0.372 e. The molecular formula is C35H53ClN8O7S2. The molecular weight excluding hydrogens is 744 g/mol. The van der Waals surface area contributed by atoms with Gasteiger partial charge in [-0.25, -0.2) is 13.1 Å². The molecule has 0 saturated carbocycles. The molecule has 3 amide bonds. The zero-order chi connectivity index (χ0) is 38.4. The first kappa shape index (κ1) is 42.7. The number of carbonyl (C=O) groups is 4. The number of amides is 3. The minimum Gasteiger partial charge on any atom is -0.372 e. The van der Waals surface area contributed by atoms with Crippen molar-refractivity contribution >= 4 is 56.5 Å². The predicted molar refractivity (Wildman–Crippen MR) is 204 cm³/mol. The number of thiophene rings is 1. The lowest BCUT2D eigenvalue weighted by Gasteiger charge is -2.30. The van der Waals surface area contributed by atoms with E-state index in [1.54, 1.807) is 12.1 Å². The molecule has 2 aliphatic heterocycles. The van der Waals surface area contributed by atoms with Gasteiger partial charge in [0.1, 0.15) is 18.4 Å². The lowest BCUT2D eigenvalue weighted by atomic mass is 9.91. The van der Waals surface area contributed by atoms with Crippen molar-refractivity contribution in [2.75, 3.05) is 39.0 Å². The molecule has 15 nitrogen and oxygen atoms in total. The fourth-order valence-electron chi connectivity index (χ4n) is 6.58. The summed E-state index contributed by atoms with van der Waals surface area (Å²) in [5, 5.41) is 14.0. The van der Waals surface area contributed by atoms with Gasteiger partial charge in [0.25, 0.3) is 5.91 Å². The van der Waals surface area contributed by atoms with Crippen molar-refractivity contribution in [3.8, 4) is 0 Å². The number of piperidine rings is 1. The van der Waals surface area contributed by atoms with Crippen LogP contribution in [0.15, 0.2) is 41.8 Å². The first-order chi connectivity index (χ1) is 25.3. The van der Waals surface area contributed by atoms with E-state index in [9.17, 15) is 27.6 Å². The van der Waals surface area contributed by atoms with Gasteiger partial charge in [0.2, 0.25) is 27.6 Å². The molecule has 18 heteroatoms. The maximum absolute atomic E-state index is 14.3. The molecule has 4 atom stereocenters. The number of ketones is 1. The number of halogens is 1. The van der Waals surface area contributed by atoms with E-state index in [4.69, 9.17) is 27.8 Å². The Labute approximate surface area is 320 Å². The van der Waals surface area contributed by atoms with Crippen LogP contribution in [0.5, 0.6) is 0 Å². The quantitative estimate of drug-likeness (QED) is 0.0525. The second-order valence-corrected chi connectivity index (χ2v) is 16.9. The van der Waals surface area contributed by atoms with E-state index in [-0.39, 0.29) is 39.0 Å². The summed E-state index contributed by atoms with van der Waals surface area (Å²) in [6.45, 7) is 2.46. The molecule has 0 bridgehead atoms. The van der Waals surface area contributed by atoms with Gasteiger partial charge in [-0.2, -0.15) is 0 Å². The normalized spacial score (nSPS) is 19.2. The van der Waals surface area contributed by atoms with Crippen molar-refractivity contribution in [2.24, 2.45) is 17.4 Å². The third-order valence-electron chi connectivity index (χ3n) is 9.37. The summed E-state index contributed by atoms with van der Waals surface area (Å²) in [6.07, 6.45) is 3.40. The van der Waals surface area contributed by atoms with Crippen LogP contribution in [-0.2, 0) is 47.0 Å². The molecule has 9 N–H and O–H groups in total. The Morgan fingerprint density at radius 2 is 1.79 bits per heavy atom. The summed E-state index contributed by atoms with van der Waals surface area (Å²) >= 11 is 7.57. The smallest absolute Gasteiger partial charge is 0.289 e. The van der Waals surface area contributed by atoms with Crippen LogP contribution >= 0.6 is 22.9 Å². The van der Waals surface area contributed by atoms with Crippen LogP contribution in [0.4, 0.5) is 0 Å². The molecule has 2 saturated heterocycles. The molecule has 1 aromatic carbocycles. The molecule has 0 unspecified atom stereocenters. The van der Waals surface area contributed by atoms with Crippen LogP contribution in [0.25, 0.3) is 0 Å².